The maximum atomic E-state index is 11.7. The van der Waals surface area contributed by atoms with Crippen molar-refractivity contribution in [1.29, 1.82) is 0 Å². The second kappa shape index (κ2) is 5.87. The van der Waals surface area contributed by atoms with E-state index in [1.807, 2.05) is 0 Å². The van der Waals surface area contributed by atoms with Crippen LogP contribution in [-0.2, 0) is 4.74 Å². The van der Waals surface area contributed by atoms with Crippen molar-refractivity contribution in [2.24, 2.45) is 0 Å². The molecule has 0 aromatic carbocycles. The zero-order valence-corrected chi connectivity index (χ0v) is 9.23. The molecule has 0 radical (unpaired) electrons. The number of halogens is 4. The zero-order chi connectivity index (χ0) is 12.9. The number of ether oxygens (including phenoxy) is 1. The Hall–Kier alpha value is -1.28. The third-order valence-corrected chi connectivity index (χ3v) is 1.95. The number of nitrogens with one attached hydrogen (secondary N) is 2. The molecule has 0 bridgehead atoms. The molecule has 0 atom stereocenters. The molecule has 0 aliphatic rings. The molecule has 0 aliphatic heterocycles. The summed E-state index contributed by atoms with van der Waals surface area (Å²) in [7, 11) is 0. The first-order chi connectivity index (χ1) is 7.90. The van der Waals surface area contributed by atoms with Gasteiger partial charge >= 0.3 is 6.18 Å². The molecule has 0 saturated carbocycles. The van der Waals surface area contributed by atoms with E-state index >= 15 is 0 Å². The lowest BCUT2D eigenvalue weighted by molar-refractivity contribution is -0.172. The summed E-state index contributed by atoms with van der Waals surface area (Å²) in [4.78, 5) is 17.0. The maximum Gasteiger partial charge on any atom is 0.411 e. The fraction of sp³-hybridized carbons (Fsp3) is 0.500. The van der Waals surface area contributed by atoms with Gasteiger partial charge in [-0.15, -0.1) is 0 Å². The zero-order valence-electron chi connectivity index (χ0n) is 8.47. The van der Waals surface area contributed by atoms with Gasteiger partial charge < -0.3 is 15.0 Å². The van der Waals surface area contributed by atoms with E-state index in [-0.39, 0.29) is 24.0 Å². The van der Waals surface area contributed by atoms with Crippen molar-refractivity contribution >= 4 is 17.4 Å². The Morgan fingerprint density at radius 1 is 1.53 bits per heavy atom. The van der Waals surface area contributed by atoms with Crippen molar-refractivity contribution in [3.63, 3.8) is 0 Å². The molecule has 0 spiro atoms. The Labute approximate surface area is 99.0 Å². The number of aromatic nitrogens is 2. The van der Waals surface area contributed by atoms with E-state index in [0.717, 1.165) is 6.33 Å². The summed E-state index contributed by atoms with van der Waals surface area (Å²) < 4.78 is 39.4. The standard InChI is InChI=1S/C8H9ClF3N3O2/c9-5-6(14-4-15-7(5)16)13-1-2-17-3-8(10,11)12/h4H,1-3H2,(H2,13,14,15,16). The molecule has 2 N–H and O–H groups in total. The van der Waals surface area contributed by atoms with Crippen LogP contribution in [0.15, 0.2) is 11.1 Å². The molecule has 0 amide bonds. The summed E-state index contributed by atoms with van der Waals surface area (Å²) in [5, 5.41) is 2.43. The van der Waals surface area contributed by atoms with Gasteiger partial charge in [0.05, 0.1) is 12.9 Å². The van der Waals surface area contributed by atoms with E-state index in [9.17, 15) is 18.0 Å². The monoisotopic (exact) mass is 271 g/mol. The number of aromatic amines is 1. The number of hydrogen-bond acceptors (Lipinski definition) is 4. The van der Waals surface area contributed by atoms with Crippen molar-refractivity contribution in [2.45, 2.75) is 6.18 Å². The molecule has 1 heterocycles. The van der Waals surface area contributed by atoms with Gasteiger partial charge in [0, 0.05) is 6.54 Å². The highest BCUT2D eigenvalue weighted by atomic mass is 35.5. The van der Waals surface area contributed by atoms with Crippen LogP contribution in [0.2, 0.25) is 5.02 Å². The Morgan fingerprint density at radius 3 is 2.88 bits per heavy atom. The van der Waals surface area contributed by atoms with Gasteiger partial charge in [0.15, 0.2) is 5.82 Å². The van der Waals surface area contributed by atoms with Crippen molar-refractivity contribution in [2.75, 3.05) is 25.1 Å². The summed E-state index contributed by atoms with van der Waals surface area (Å²) in [5.74, 6) is 0.103. The molecule has 0 fully saturated rings. The molecular weight excluding hydrogens is 263 g/mol. The van der Waals surface area contributed by atoms with Crippen LogP contribution in [0.5, 0.6) is 0 Å². The van der Waals surface area contributed by atoms with E-state index < -0.39 is 18.3 Å². The van der Waals surface area contributed by atoms with Gasteiger partial charge in [-0.2, -0.15) is 13.2 Å². The fourth-order valence-electron chi connectivity index (χ4n) is 0.936. The Morgan fingerprint density at radius 2 is 2.24 bits per heavy atom. The van der Waals surface area contributed by atoms with Crippen molar-refractivity contribution in [3.05, 3.63) is 21.7 Å². The Kier molecular flexibility index (Phi) is 4.76. The Balaban J connectivity index is 2.32. The molecule has 1 aromatic heterocycles. The molecule has 0 aliphatic carbocycles. The van der Waals surface area contributed by atoms with Crippen LogP contribution in [0.4, 0.5) is 19.0 Å². The average Bonchev–Trinajstić information content (AvgIpc) is 2.22. The average molecular weight is 272 g/mol. The summed E-state index contributed by atoms with van der Waals surface area (Å²) in [6, 6.07) is 0. The normalized spacial score (nSPS) is 11.5. The van der Waals surface area contributed by atoms with Crippen LogP contribution < -0.4 is 10.9 Å². The summed E-state index contributed by atoms with van der Waals surface area (Å²) in [6.07, 6.45) is -3.22. The van der Waals surface area contributed by atoms with Crippen LogP contribution in [0.1, 0.15) is 0 Å². The molecule has 9 heteroatoms. The molecule has 17 heavy (non-hydrogen) atoms. The first kappa shape index (κ1) is 13.8. The first-order valence-electron chi connectivity index (χ1n) is 4.51. The van der Waals surface area contributed by atoms with Crippen LogP contribution in [0.3, 0.4) is 0 Å². The fourth-order valence-corrected chi connectivity index (χ4v) is 1.11. The summed E-state index contributed by atoms with van der Waals surface area (Å²) >= 11 is 5.59. The smallest absolute Gasteiger partial charge is 0.370 e. The highest BCUT2D eigenvalue weighted by Crippen LogP contribution is 2.14. The molecule has 1 rings (SSSR count). The highest BCUT2D eigenvalue weighted by molar-refractivity contribution is 6.32. The van der Waals surface area contributed by atoms with Gasteiger partial charge in [-0.3, -0.25) is 4.79 Å². The number of nitrogens with zero attached hydrogens (tertiary/aromatic N) is 1. The predicted molar refractivity (Wildman–Crippen MR) is 55.2 cm³/mol. The number of hydrogen-bond donors (Lipinski definition) is 2. The molecule has 96 valence electrons. The van der Waals surface area contributed by atoms with Crippen LogP contribution in [-0.4, -0.2) is 35.9 Å². The minimum absolute atomic E-state index is 0.0618. The second-order valence-corrected chi connectivity index (χ2v) is 3.37. The van der Waals surface area contributed by atoms with Crippen molar-refractivity contribution in [3.8, 4) is 0 Å². The lowest BCUT2D eigenvalue weighted by atomic mass is 10.5. The largest absolute Gasteiger partial charge is 0.411 e. The van der Waals surface area contributed by atoms with Gasteiger partial charge in [0.1, 0.15) is 11.6 Å². The number of rotatable bonds is 5. The molecule has 5 nitrogen and oxygen atoms in total. The van der Waals surface area contributed by atoms with Gasteiger partial charge in [-0.05, 0) is 0 Å². The third-order valence-electron chi connectivity index (χ3n) is 1.60. The number of H-pyrrole nitrogens is 1. The molecular formula is C8H9ClF3N3O2. The highest BCUT2D eigenvalue weighted by Gasteiger charge is 2.27. The van der Waals surface area contributed by atoms with E-state index in [0.29, 0.717) is 0 Å². The number of alkyl halides is 3. The van der Waals surface area contributed by atoms with Crippen LogP contribution in [0.25, 0.3) is 0 Å². The topological polar surface area (TPSA) is 67.0 Å². The van der Waals surface area contributed by atoms with Crippen LogP contribution >= 0.6 is 11.6 Å². The van der Waals surface area contributed by atoms with E-state index in [2.05, 4.69) is 20.0 Å². The number of anilines is 1. The lowest BCUT2D eigenvalue weighted by Crippen LogP contribution is -2.21. The summed E-state index contributed by atoms with van der Waals surface area (Å²) in [6.45, 7) is -1.43. The van der Waals surface area contributed by atoms with E-state index in [1.165, 1.54) is 0 Å². The van der Waals surface area contributed by atoms with Gasteiger partial charge in [0.2, 0.25) is 0 Å². The van der Waals surface area contributed by atoms with Gasteiger partial charge in [-0.1, -0.05) is 11.6 Å². The minimum Gasteiger partial charge on any atom is -0.370 e. The van der Waals surface area contributed by atoms with E-state index in [4.69, 9.17) is 11.6 Å². The Bertz CT molecular complexity index is 421. The van der Waals surface area contributed by atoms with Gasteiger partial charge in [-0.25, -0.2) is 4.98 Å². The second-order valence-electron chi connectivity index (χ2n) is 2.99. The predicted octanol–water partition coefficient (Wildman–Crippen LogP) is 1.41. The summed E-state index contributed by atoms with van der Waals surface area (Å²) in [5.41, 5.74) is -0.527. The first-order valence-corrected chi connectivity index (χ1v) is 4.89. The lowest BCUT2D eigenvalue weighted by Gasteiger charge is -2.09. The molecule has 0 saturated heterocycles. The minimum atomic E-state index is -4.35. The van der Waals surface area contributed by atoms with Crippen molar-refractivity contribution < 1.29 is 17.9 Å². The van der Waals surface area contributed by atoms with Gasteiger partial charge in [0.25, 0.3) is 5.56 Å². The third kappa shape index (κ3) is 5.05. The quantitative estimate of drug-likeness (QED) is 0.795. The molecule has 0 unspecified atom stereocenters. The van der Waals surface area contributed by atoms with E-state index in [1.54, 1.807) is 0 Å². The maximum absolute atomic E-state index is 11.7. The van der Waals surface area contributed by atoms with Crippen LogP contribution in [0, 0.1) is 0 Å². The molecule has 1 aromatic rings. The van der Waals surface area contributed by atoms with Crippen molar-refractivity contribution in [1.82, 2.24) is 9.97 Å². The SMILES string of the molecule is O=c1[nH]cnc(NCCOCC(F)(F)F)c1Cl.